The highest BCUT2D eigenvalue weighted by Crippen LogP contribution is 2.28. The van der Waals surface area contributed by atoms with Crippen LogP contribution < -0.4 is 0 Å². The Morgan fingerprint density at radius 1 is 1.29 bits per heavy atom. The zero-order valence-corrected chi connectivity index (χ0v) is 13.1. The number of halogens is 3. The predicted octanol–water partition coefficient (Wildman–Crippen LogP) is 3.08. The van der Waals surface area contributed by atoms with Crippen LogP contribution in [-0.4, -0.2) is 38.4 Å². The number of nitrogens with zero attached hydrogens (tertiary/aromatic N) is 4. The molecule has 0 saturated carbocycles. The maximum atomic E-state index is 12.6. The van der Waals surface area contributed by atoms with Gasteiger partial charge >= 0.3 is 6.18 Å². The molecule has 1 aliphatic rings. The van der Waals surface area contributed by atoms with Crippen LogP contribution in [0.2, 0.25) is 0 Å². The first kappa shape index (κ1) is 16.5. The zero-order valence-electron chi connectivity index (χ0n) is 13.1. The van der Waals surface area contributed by atoms with Gasteiger partial charge in [-0.3, -0.25) is 9.78 Å². The molecule has 5 nitrogen and oxygen atoms in total. The van der Waals surface area contributed by atoms with Gasteiger partial charge in [-0.2, -0.15) is 13.2 Å². The summed E-state index contributed by atoms with van der Waals surface area (Å²) in [5.74, 6) is 0.587. The smallest absolute Gasteiger partial charge is 0.337 e. The van der Waals surface area contributed by atoms with E-state index in [-0.39, 0.29) is 17.5 Å². The summed E-state index contributed by atoms with van der Waals surface area (Å²) in [4.78, 5) is 21.8. The van der Waals surface area contributed by atoms with E-state index < -0.39 is 11.9 Å². The first-order chi connectivity index (χ1) is 11.4. The van der Waals surface area contributed by atoms with Crippen molar-refractivity contribution in [3.63, 3.8) is 0 Å². The monoisotopic (exact) mass is 338 g/mol. The molecule has 3 heterocycles. The van der Waals surface area contributed by atoms with Crippen LogP contribution in [-0.2, 0) is 6.18 Å². The number of rotatable bonds is 2. The van der Waals surface area contributed by atoms with Gasteiger partial charge in [0.05, 0.1) is 11.6 Å². The summed E-state index contributed by atoms with van der Waals surface area (Å²) in [6.07, 6.45) is 1.87. The minimum atomic E-state index is -4.50. The van der Waals surface area contributed by atoms with Crippen LogP contribution in [0, 0.1) is 6.92 Å². The molecule has 24 heavy (non-hydrogen) atoms. The third kappa shape index (κ3) is 3.27. The fraction of sp³-hybridized carbons (Fsp3) is 0.438. The number of hydrogen-bond donors (Lipinski definition) is 0. The first-order valence-electron chi connectivity index (χ1n) is 7.68. The number of amides is 1. The van der Waals surface area contributed by atoms with E-state index in [0.29, 0.717) is 13.1 Å². The van der Waals surface area contributed by atoms with Crippen LogP contribution >= 0.6 is 0 Å². The van der Waals surface area contributed by atoms with Gasteiger partial charge in [-0.15, -0.1) is 0 Å². The minimum Gasteiger partial charge on any atom is -0.337 e. The van der Waals surface area contributed by atoms with Crippen LogP contribution in [0.15, 0.2) is 30.7 Å². The fourth-order valence-corrected chi connectivity index (χ4v) is 3.01. The maximum absolute atomic E-state index is 12.6. The van der Waals surface area contributed by atoms with Gasteiger partial charge in [-0.25, -0.2) is 4.98 Å². The normalized spacial score (nSPS) is 18.7. The number of carbonyl (C=O) groups is 1. The highest BCUT2D eigenvalue weighted by Gasteiger charge is 2.33. The molecule has 1 amide bonds. The average molecular weight is 338 g/mol. The van der Waals surface area contributed by atoms with Crippen molar-refractivity contribution in [2.45, 2.75) is 32.0 Å². The lowest BCUT2D eigenvalue weighted by molar-refractivity contribution is -0.141. The second-order valence-electron chi connectivity index (χ2n) is 5.86. The number of imidazole rings is 1. The van der Waals surface area contributed by atoms with E-state index in [9.17, 15) is 18.0 Å². The van der Waals surface area contributed by atoms with Gasteiger partial charge in [-0.1, -0.05) is 0 Å². The van der Waals surface area contributed by atoms with Crippen LogP contribution in [0.4, 0.5) is 13.2 Å². The molecule has 0 radical (unpaired) electrons. The van der Waals surface area contributed by atoms with E-state index in [0.717, 1.165) is 30.9 Å². The molecule has 128 valence electrons. The van der Waals surface area contributed by atoms with Crippen molar-refractivity contribution in [1.82, 2.24) is 19.4 Å². The Kier molecular flexibility index (Phi) is 4.29. The predicted molar refractivity (Wildman–Crippen MR) is 80.4 cm³/mol. The first-order valence-corrected chi connectivity index (χ1v) is 7.68. The number of carbonyl (C=O) groups excluding carboxylic acids is 1. The Morgan fingerprint density at radius 3 is 2.67 bits per heavy atom. The third-order valence-corrected chi connectivity index (χ3v) is 4.24. The molecular formula is C16H17F3N4O. The summed E-state index contributed by atoms with van der Waals surface area (Å²) in [5.41, 5.74) is -0.824. The number of alkyl halides is 3. The molecule has 1 aliphatic heterocycles. The second kappa shape index (κ2) is 6.26. The molecule has 0 N–H and O–H groups in total. The number of hydrogen-bond acceptors (Lipinski definition) is 3. The van der Waals surface area contributed by atoms with E-state index in [1.165, 1.54) is 6.07 Å². The molecular weight excluding hydrogens is 321 g/mol. The van der Waals surface area contributed by atoms with E-state index in [1.54, 1.807) is 11.1 Å². The van der Waals surface area contributed by atoms with Crippen LogP contribution in [0.25, 0.3) is 0 Å². The SMILES string of the molecule is Cc1nccn1[C@@H]1CCCN(C(=O)c2ccc(C(F)(F)F)nc2)C1. The molecule has 8 heteroatoms. The summed E-state index contributed by atoms with van der Waals surface area (Å²) in [5, 5.41) is 0. The van der Waals surface area contributed by atoms with E-state index >= 15 is 0 Å². The Labute approximate surface area is 137 Å². The highest BCUT2D eigenvalue weighted by atomic mass is 19.4. The van der Waals surface area contributed by atoms with Gasteiger partial charge in [0.25, 0.3) is 5.91 Å². The van der Waals surface area contributed by atoms with Gasteiger partial charge in [0, 0.05) is 31.7 Å². The van der Waals surface area contributed by atoms with Crippen molar-refractivity contribution in [1.29, 1.82) is 0 Å². The fourth-order valence-electron chi connectivity index (χ4n) is 3.01. The van der Waals surface area contributed by atoms with Crippen molar-refractivity contribution in [2.75, 3.05) is 13.1 Å². The zero-order chi connectivity index (χ0) is 17.3. The van der Waals surface area contributed by atoms with Gasteiger partial charge in [0.15, 0.2) is 0 Å². The molecule has 3 rings (SSSR count). The van der Waals surface area contributed by atoms with Crippen molar-refractivity contribution in [3.05, 3.63) is 47.8 Å². The standard InChI is InChI=1S/C16H17F3N4O/c1-11-20-6-8-23(11)13-3-2-7-22(10-13)15(24)12-4-5-14(21-9-12)16(17,18)19/h4-6,8-9,13H,2-3,7,10H2,1H3/t13-/m1/s1. The molecule has 0 unspecified atom stereocenters. The Hall–Kier alpha value is -2.38. The van der Waals surface area contributed by atoms with Crippen LogP contribution in [0.5, 0.6) is 0 Å². The molecule has 0 aliphatic carbocycles. The quantitative estimate of drug-likeness (QED) is 0.845. The Bertz CT molecular complexity index is 724. The van der Waals surface area contributed by atoms with Gasteiger partial charge in [-0.05, 0) is 31.9 Å². The lowest BCUT2D eigenvalue weighted by Crippen LogP contribution is -2.40. The lowest BCUT2D eigenvalue weighted by atomic mass is 10.0. The highest BCUT2D eigenvalue weighted by molar-refractivity contribution is 5.94. The van der Waals surface area contributed by atoms with Crippen molar-refractivity contribution >= 4 is 5.91 Å². The second-order valence-corrected chi connectivity index (χ2v) is 5.86. The summed E-state index contributed by atoms with van der Waals surface area (Å²) in [6, 6.07) is 2.16. The van der Waals surface area contributed by atoms with Gasteiger partial charge in [0.1, 0.15) is 11.5 Å². The summed E-state index contributed by atoms with van der Waals surface area (Å²) in [6.45, 7) is 3.00. The van der Waals surface area contributed by atoms with E-state index in [1.807, 2.05) is 17.7 Å². The molecule has 2 aromatic heterocycles. The summed E-state index contributed by atoms with van der Waals surface area (Å²) >= 11 is 0. The molecule has 1 fully saturated rings. The van der Waals surface area contributed by atoms with Crippen LogP contribution in [0.1, 0.15) is 40.8 Å². The number of aryl methyl sites for hydroxylation is 1. The maximum Gasteiger partial charge on any atom is 0.433 e. The topological polar surface area (TPSA) is 51.0 Å². The molecule has 1 atom stereocenters. The molecule has 1 saturated heterocycles. The number of aromatic nitrogens is 3. The minimum absolute atomic E-state index is 0.132. The number of likely N-dealkylation sites (tertiary alicyclic amines) is 1. The largest absolute Gasteiger partial charge is 0.433 e. The van der Waals surface area contributed by atoms with Crippen molar-refractivity contribution < 1.29 is 18.0 Å². The lowest BCUT2D eigenvalue weighted by Gasteiger charge is -2.34. The Balaban J connectivity index is 1.74. The summed E-state index contributed by atoms with van der Waals surface area (Å²) < 4.78 is 39.7. The third-order valence-electron chi connectivity index (χ3n) is 4.24. The van der Waals surface area contributed by atoms with Gasteiger partial charge in [0.2, 0.25) is 0 Å². The van der Waals surface area contributed by atoms with E-state index in [2.05, 4.69) is 9.97 Å². The van der Waals surface area contributed by atoms with Gasteiger partial charge < -0.3 is 9.47 Å². The summed E-state index contributed by atoms with van der Waals surface area (Å²) in [7, 11) is 0. The molecule has 0 aromatic carbocycles. The van der Waals surface area contributed by atoms with Crippen LogP contribution in [0.3, 0.4) is 0 Å². The molecule has 2 aromatic rings. The average Bonchev–Trinajstić information content (AvgIpc) is 3.00. The number of piperidine rings is 1. The molecule has 0 spiro atoms. The van der Waals surface area contributed by atoms with E-state index in [4.69, 9.17) is 0 Å². The van der Waals surface area contributed by atoms with Crippen molar-refractivity contribution in [3.8, 4) is 0 Å². The molecule has 0 bridgehead atoms. The number of pyridine rings is 1. The van der Waals surface area contributed by atoms with Crippen molar-refractivity contribution in [2.24, 2.45) is 0 Å². The Morgan fingerprint density at radius 2 is 2.08 bits per heavy atom.